The first-order valence-corrected chi connectivity index (χ1v) is 4.59. The number of hydrogen-bond acceptors (Lipinski definition) is 1. The van der Waals surface area contributed by atoms with E-state index < -0.39 is 0 Å². The highest BCUT2D eigenvalue weighted by Crippen LogP contribution is 2.44. The van der Waals surface area contributed by atoms with Gasteiger partial charge in [0, 0.05) is 11.1 Å². The zero-order valence-corrected chi connectivity index (χ0v) is 8.02. The summed E-state index contributed by atoms with van der Waals surface area (Å²) in [7, 11) is 0. The average Bonchev–Trinajstić information content (AvgIpc) is 2.77. The van der Waals surface area contributed by atoms with Crippen molar-refractivity contribution in [3.8, 4) is 0 Å². The minimum absolute atomic E-state index is 0.150. The van der Waals surface area contributed by atoms with E-state index in [1.54, 1.807) is 6.07 Å². The molecule has 1 saturated carbocycles. The number of benzene rings is 1. The summed E-state index contributed by atoms with van der Waals surface area (Å²) in [6.45, 7) is 3.91. The van der Waals surface area contributed by atoms with Gasteiger partial charge in [0.1, 0.15) is 5.82 Å². The molecule has 0 unspecified atom stereocenters. The molecule has 2 heteroatoms. The summed E-state index contributed by atoms with van der Waals surface area (Å²) < 4.78 is 13.5. The predicted molar refractivity (Wildman–Crippen MR) is 51.0 cm³/mol. The van der Waals surface area contributed by atoms with Crippen molar-refractivity contribution in [1.29, 1.82) is 0 Å². The molecule has 1 nitrogen and oxygen atoms in total. The minimum atomic E-state index is -0.359. The van der Waals surface area contributed by atoms with E-state index >= 15 is 0 Å². The van der Waals surface area contributed by atoms with Crippen LogP contribution in [0.4, 0.5) is 4.39 Å². The standard InChI is InChI=1S/C11H14FN/c1-7-5-9(11(13)3-4-11)10(12)6-8(7)2/h5-6H,3-4,13H2,1-2H3. The van der Waals surface area contributed by atoms with Gasteiger partial charge in [0.15, 0.2) is 0 Å². The molecule has 0 spiro atoms. The second-order valence-electron chi connectivity index (χ2n) is 4.07. The lowest BCUT2D eigenvalue weighted by Crippen LogP contribution is -2.20. The molecule has 0 radical (unpaired) electrons. The fourth-order valence-corrected chi connectivity index (χ4v) is 1.57. The number of aryl methyl sites for hydroxylation is 2. The molecule has 2 N–H and O–H groups in total. The van der Waals surface area contributed by atoms with Crippen LogP contribution in [0.15, 0.2) is 12.1 Å². The van der Waals surface area contributed by atoms with Crippen molar-refractivity contribution in [1.82, 2.24) is 0 Å². The highest BCUT2D eigenvalue weighted by molar-refractivity contribution is 5.38. The third-order valence-electron chi connectivity index (χ3n) is 2.91. The zero-order chi connectivity index (χ0) is 9.64. The van der Waals surface area contributed by atoms with Gasteiger partial charge in [-0.25, -0.2) is 4.39 Å². The molecule has 1 aliphatic rings. The van der Waals surface area contributed by atoms with E-state index in [1.165, 1.54) is 0 Å². The van der Waals surface area contributed by atoms with Gasteiger partial charge in [0.2, 0.25) is 0 Å². The molecule has 2 rings (SSSR count). The number of nitrogens with two attached hydrogens (primary N) is 1. The third kappa shape index (κ3) is 1.35. The maximum atomic E-state index is 13.5. The van der Waals surface area contributed by atoms with Crippen molar-refractivity contribution < 1.29 is 4.39 Å². The number of rotatable bonds is 1. The summed E-state index contributed by atoms with van der Waals surface area (Å²) in [4.78, 5) is 0. The lowest BCUT2D eigenvalue weighted by atomic mass is 9.99. The Kier molecular flexibility index (Phi) is 1.70. The van der Waals surface area contributed by atoms with Gasteiger partial charge < -0.3 is 5.73 Å². The van der Waals surface area contributed by atoms with Gasteiger partial charge >= 0.3 is 0 Å². The maximum Gasteiger partial charge on any atom is 0.128 e. The van der Waals surface area contributed by atoms with E-state index in [0.29, 0.717) is 5.56 Å². The summed E-state index contributed by atoms with van der Waals surface area (Å²) in [6.07, 6.45) is 1.82. The Morgan fingerprint density at radius 3 is 2.31 bits per heavy atom. The SMILES string of the molecule is Cc1cc(F)c(C2(N)CC2)cc1C. The van der Waals surface area contributed by atoms with Crippen molar-refractivity contribution in [2.75, 3.05) is 0 Å². The second-order valence-corrected chi connectivity index (χ2v) is 4.07. The molecule has 1 fully saturated rings. The molecular formula is C11H14FN. The summed E-state index contributed by atoms with van der Waals surface area (Å²) in [5, 5.41) is 0. The average molecular weight is 179 g/mol. The Morgan fingerprint density at radius 1 is 1.23 bits per heavy atom. The maximum absolute atomic E-state index is 13.5. The fourth-order valence-electron chi connectivity index (χ4n) is 1.57. The predicted octanol–water partition coefficient (Wildman–Crippen LogP) is 2.39. The lowest BCUT2D eigenvalue weighted by molar-refractivity contribution is 0.576. The summed E-state index contributed by atoms with van der Waals surface area (Å²) in [5.74, 6) is -0.150. The van der Waals surface area contributed by atoms with Gasteiger partial charge in [-0.15, -0.1) is 0 Å². The van der Waals surface area contributed by atoms with E-state index in [1.807, 2.05) is 19.9 Å². The monoisotopic (exact) mass is 179 g/mol. The molecule has 1 aromatic carbocycles. The van der Waals surface area contributed by atoms with Crippen LogP contribution in [0.1, 0.15) is 29.5 Å². The first-order valence-electron chi connectivity index (χ1n) is 4.59. The van der Waals surface area contributed by atoms with Crippen molar-refractivity contribution in [2.45, 2.75) is 32.2 Å². The molecule has 1 aliphatic carbocycles. The van der Waals surface area contributed by atoms with E-state index in [4.69, 9.17) is 5.73 Å². The lowest BCUT2D eigenvalue weighted by Gasteiger charge is -2.12. The summed E-state index contributed by atoms with van der Waals surface area (Å²) in [6, 6.07) is 3.47. The van der Waals surface area contributed by atoms with Crippen LogP contribution >= 0.6 is 0 Å². The number of hydrogen-bond donors (Lipinski definition) is 1. The van der Waals surface area contributed by atoms with Crippen LogP contribution in [-0.2, 0) is 5.54 Å². The van der Waals surface area contributed by atoms with Crippen LogP contribution in [0.2, 0.25) is 0 Å². The second kappa shape index (κ2) is 2.55. The topological polar surface area (TPSA) is 26.0 Å². The zero-order valence-electron chi connectivity index (χ0n) is 8.02. The molecule has 70 valence electrons. The van der Waals surface area contributed by atoms with Crippen LogP contribution in [-0.4, -0.2) is 0 Å². The van der Waals surface area contributed by atoms with Crippen molar-refractivity contribution >= 4 is 0 Å². The normalized spacial score (nSPS) is 18.8. The molecule has 0 saturated heterocycles. The quantitative estimate of drug-likeness (QED) is 0.703. The van der Waals surface area contributed by atoms with Crippen LogP contribution in [0.5, 0.6) is 0 Å². The first kappa shape index (κ1) is 8.70. The largest absolute Gasteiger partial charge is 0.321 e. The molecule has 0 aliphatic heterocycles. The van der Waals surface area contributed by atoms with Crippen LogP contribution in [0.25, 0.3) is 0 Å². The molecule has 0 amide bonds. The molecule has 0 aromatic heterocycles. The van der Waals surface area contributed by atoms with E-state index in [2.05, 4.69) is 0 Å². The van der Waals surface area contributed by atoms with E-state index in [9.17, 15) is 4.39 Å². The molecule has 0 heterocycles. The van der Waals surface area contributed by atoms with Gasteiger partial charge in [0.05, 0.1) is 0 Å². The summed E-state index contributed by atoms with van der Waals surface area (Å²) in [5.41, 5.74) is 8.39. The minimum Gasteiger partial charge on any atom is -0.321 e. The Bertz CT molecular complexity index is 353. The van der Waals surface area contributed by atoms with E-state index in [0.717, 1.165) is 24.0 Å². The van der Waals surface area contributed by atoms with E-state index in [-0.39, 0.29) is 11.4 Å². The molecule has 13 heavy (non-hydrogen) atoms. The molecule has 0 bridgehead atoms. The Hall–Kier alpha value is -0.890. The highest BCUT2D eigenvalue weighted by atomic mass is 19.1. The smallest absolute Gasteiger partial charge is 0.128 e. The molecular weight excluding hydrogens is 165 g/mol. The Balaban J connectivity index is 2.52. The van der Waals surface area contributed by atoms with Gasteiger partial charge in [-0.2, -0.15) is 0 Å². The first-order chi connectivity index (χ1) is 6.03. The Morgan fingerprint density at radius 2 is 1.77 bits per heavy atom. The van der Waals surface area contributed by atoms with Crippen LogP contribution in [0, 0.1) is 19.7 Å². The number of halogens is 1. The van der Waals surface area contributed by atoms with Gasteiger partial charge in [-0.05, 0) is 43.9 Å². The molecule has 0 atom stereocenters. The Labute approximate surface area is 77.8 Å². The van der Waals surface area contributed by atoms with Crippen molar-refractivity contribution in [3.05, 3.63) is 34.6 Å². The third-order valence-corrected chi connectivity index (χ3v) is 2.91. The fraction of sp³-hybridized carbons (Fsp3) is 0.455. The van der Waals surface area contributed by atoms with Gasteiger partial charge in [-0.1, -0.05) is 6.07 Å². The highest BCUT2D eigenvalue weighted by Gasteiger charge is 2.42. The van der Waals surface area contributed by atoms with Gasteiger partial charge in [-0.3, -0.25) is 0 Å². The van der Waals surface area contributed by atoms with Crippen molar-refractivity contribution in [2.24, 2.45) is 5.73 Å². The van der Waals surface area contributed by atoms with Crippen LogP contribution < -0.4 is 5.73 Å². The van der Waals surface area contributed by atoms with Crippen molar-refractivity contribution in [3.63, 3.8) is 0 Å². The molecule has 1 aromatic rings. The summed E-state index contributed by atoms with van der Waals surface area (Å²) >= 11 is 0. The van der Waals surface area contributed by atoms with Gasteiger partial charge in [0.25, 0.3) is 0 Å². The van der Waals surface area contributed by atoms with Crippen LogP contribution in [0.3, 0.4) is 0 Å².